The quantitative estimate of drug-likeness (QED) is 0.770. The van der Waals surface area contributed by atoms with Crippen molar-refractivity contribution in [2.24, 2.45) is 0 Å². The second kappa shape index (κ2) is 7.19. The van der Waals surface area contributed by atoms with Gasteiger partial charge in [0.05, 0.1) is 0 Å². The van der Waals surface area contributed by atoms with E-state index in [0.29, 0.717) is 11.5 Å². The summed E-state index contributed by atoms with van der Waals surface area (Å²) in [6.07, 6.45) is 2.42. The number of amides is 1. The Bertz CT molecular complexity index is 439. The molecule has 0 aliphatic carbocycles. The average molecular weight is 279 g/mol. The molecule has 0 fully saturated rings. The normalized spacial score (nSPS) is 11.5. The van der Waals surface area contributed by atoms with Crippen LogP contribution in [0.25, 0.3) is 0 Å². The fraction of sp³-hybridized carbons (Fsp3) is 0.643. The van der Waals surface area contributed by atoms with Crippen LogP contribution in [0.5, 0.6) is 0 Å². The average Bonchev–Trinajstić information content (AvgIpc) is 2.33. The van der Waals surface area contributed by atoms with Gasteiger partial charge in [0.15, 0.2) is 0 Å². The maximum atomic E-state index is 12.0. The molecule has 0 atom stereocenters. The molecule has 1 heterocycles. The molecule has 1 amide bonds. The largest absolute Gasteiger partial charge is 0.370 e. The van der Waals surface area contributed by atoms with E-state index in [9.17, 15) is 4.79 Å². The number of aromatic nitrogens is 2. The third kappa shape index (κ3) is 6.47. The molecule has 0 saturated carbocycles. The summed E-state index contributed by atoms with van der Waals surface area (Å²) in [7, 11) is 4.08. The first-order chi connectivity index (χ1) is 9.28. The van der Waals surface area contributed by atoms with Crippen molar-refractivity contribution >= 4 is 11.7 Å². The van der Waals surface area contributed by atoms with E-state index < -0.39 is 0 Å². The van der Waals surface area contributed by atoms with Gasteiger partial charge < -0.3 is 15.5 Å². The van der Waals surface area contributed by atoms with Crippen molar-refractivity contribution in [3.05, 3.63) is 18.1 Å². The molecule has 0 bridgehead atoms. The fourth-order valence-electron chi connectivity index (χ4n) is 1.59. The predicted octanol–water partition coefficient (Wildman–Crippen LogP) is 1.37. The van der Waals surface area contributed by atoms with E-state index in [-0.39, 0.29) is 11.4 Å². The lowest BCUT2D eigenvalue weighted by molar-refractivity contribution is 0.0914. The maximum absolute atomic E-state index is 12.0. The van der Waals surface area contributed by atoms with E-state index in [1.54, 1.807) is 6.07 Å². The predicted molar refractivity (Wildman–Crippen MR) is 80.9 cm³/mol. The number of hydrogen-bond acceptors (Lipinski definition) is 5. The van der Waals surface area contributed by atoms with Gasteiger partial charge in [0.2, 0.25) is 0 Å². The Kier molecular flexibility index (Phi) is 5.88. The SMILES string of the molecule is CN(C)CCCNc1cc(C(=O)NC(C)(C)C)ncn1. The smallest absolute Gasteiger partial charge is 0.270 e. The zero-order valence-corrected chi connectivity index (χ0v) is 13.0. The maximum Gasteiger partial charge on any atom is 0.270 e. The van der Waals surface area contributed by atoms with E-state index in [4.69, 9.17) is 0 Å². The van der Waals surface area contributed by atoms with Crippen LogP contribution >= 0.6 is 0 Å². The Balaban J connectivity index is 2.55. The number of nitrogens with one attached hydrogen (secondary N) is 2. The summed E-state index contributed by atoms with van der Waals surface area (Å²) in [6.45, 7) is 7.64. The molecule has 0 aromatic carbocycles. The third-order valence-corrected chi connectivity index (χ3v) is 2.48. The van der Waals surface area contributed by atoms with Crippen LogP contribution in [0.3, 0.4) is 0 Å². The first-order valence-electron chi connectivity index (χ1n) is 6.81. The van der Waals surface area contributed by atoms with E-state index in [2.05, 4.69) is 25.5 Å². The van der Waals surface area contributed by atoms with Gasteiger partial charge in [-0.15, -0.1) is 0 Å². The zero-order valence-electron chi connectivity index (χ0n) is 13.0. The Morgan fingerprint density at radius 2 is 2.00 bits per heavy atom. The molecule has 1 aromatic heterocycles. The van der Waals surface area contributed by atoms with E-state index >= 15 is 0 Å². The number of hydrogen-bond donors (Lipinski definition) is 2. The van der Waals surface area contributed by atoms with Gasteiger partial charge >= 0.3 is 0 Å². The summed E-state index contributed by atoms with van der Waals surface area (Å²) < 4.78 is 0. The van der Waals surface area contributed by atoms with Crippen LogP contribution in [0, 0.1) is 0 Å². The van der Waals surface area contributed by atoms with E-state index in [1.807, 2.05) is 34.9 Å². The minimum absolute atomic E-state index is 0.184. The van der Waals surface area contributed by atoms with Crippen LogP contribution in [-0.2, 0) is 0 Å². The second-order valence-electron chi connectivity index (χ2n) is 6.08. The van der Waals surface area contributed by atoms with Crippen LogP contribution in [-0.4, -0.2) is 53.5 Å². The Morgan fingerprint density at radius 3 is 2.60 bits per heavy atom. The number of carbonyl (C=O) groups is 1. The van der Waals surface area contributed by atoms with E-state index in [0.717, 1.165) is 19.5 Å². The highest BCUT2D eigenvalue weighted by atomic mass is 16.2. The lowest BCUT2D eigenvalue weighted by Crippen LogP contribution is -2.41. The van der Waals surface area contributed by atoms with Gasteiger partial charge in [0.25, 0.3) is 5.91 Å². The summed E-state index contributed by atoms with van der Waals surface area (Å²) in [5.74, 6) is 0.494. The molecule has 6 heteroatoms. The molecule has 0 aliphatic heterocycles. The van der Waals surface area contributed by atoms with E-state index in [1.165, 1.54) is 6.33 Å². The molecule has 0 saturated heterocycles. The minimum Gasteiger partial charge on any atom is -0.370 e. The summed E-state index contributed by atoms with van der Waals surface area (Å²) in [6, 6.07) is 1.68. The van der Waals surface area contributed by atoms with Crippen molar-refractivity contribution < 1.29 is 4.79 Å². The van der Waals surface area contributed by atoms with Gasteiger partial charge in [-0.05, 0) is 47.8 Å². The number of rotatable bonds is 6. The molecule has 20 heavy (non-hydrogen) atoms. The summed E-state index contributed by atoms with van der Waals surface area (Å²) in [4.78, 5) is 22.3. The number of carbonyl (C=O) groups excluding carboxylic acids is 1. The van der Waals surface area contributed by atoms with Crippen LogP contribution in [0.1, 0.15) is 37.7 Å². The van der Waals surface area contributed by atoms with Crippen LogP contribution < -0.4 is 10.6 Å². The summed E-state index contributed by atoms with van der Waals surface area (Å²) in [5.41, 5.74) is 0.103. The lowest BCUT2D eigenvalue weighted by Gasteiger charge is -2.20. The topological polar surface area (TPSA) is 70.2 Å². The molecule has 0 aliphatic rings. The number of anilines is 1. The summed E-state index contributed by atoms with van der Waals surface area (Å²) >= 11 is 0. The van der Waals surface area contributed by atoms with Gasteiger partial charge in [0, 0.05) is 18.2 Å². The molecule has 0 spiro atoms. The first kappa shape index (κ1) is 16.4. The highest BCUT2D eigenvalue weighted by molar-refractivity contribution is 5.93. The minimum atomic E-state index is -0.276. The van der Waals surface area contributed by atoms with Crippen molar-refractivity contribution in [2.75, 3.05) is 32.5 Å². The number of nitrogens with zero attached hydrogens (tertiary/aromatic N) is 3. The molecule has 6 nitrogen and oxygen atoms in total. The zero-order chi connectivity index (χ0) is 15.2. The molecular weight excluding hydrogens is 254 g/mol. The fourth-order valence-corrected chi connectivity index (χ4v) is 1.59. The molecular formula is C14H25N5O. The molecule has 2 N–H and O–H groups in total. The van der Waals surface area contributed by atoms with Crippen molar-refractivity contribution in [1.29, 1.82) is 0 Å². The Hall–Kier alpha value is -1.69. The molecule has 0 radical (unpaired) electrons. The van der Waals surface area contributed by atoms with Crippen molar-refractivity contribution in [3.63, 3.8) is 0 Å². The van der Waals surface area contributed by atoms with Gasteiger partial charge in [0.1, 0.15) is 17.8 Å². The summed E-state index contributed by atoms with van der Waals surface area (Å²) in [5, 5.41) is 6.08. The monoisotopic (exact) mass is 279 g/mol. The second-order valence-corrected chi connectivity index (χ2v) is 6.08. The molecule has 1 rings (SSSR count). The van der Waals surface area contributed by atoms with Crippen LogP contribution in [0.2, 0.25) is 0 Å². The lowest BCUT2D eigenvalue weighted by atomic mass is 10.1. The van der Waals surface area contributed by atoms with Gasteiger partial charge in [-0.1, -0.05) is 0 Å². The van der Waals surface area contributed by atoms with Crippen LogP contribution in [0.15, 0.2) is 12.4 Å². The van der Waals surface area contributed by atoms with Gasteiger partial charge in [-0.3, -0.25) is 4.79 Å². The highest BCUT2D eigenvalue weighted by Crippen LogP contribution is 2.06. The highest BCUT2D eigenvalue weighted by Gasteiger charge is 2.16. The van der Waals surface area contributed by atoms with Crippen LogP contribution in [0.4, 0.5) is 5.82 Å². The van der Waals surface area contributed by atoms with Gasteiger partial charge in [-0.2, -0.15) is 0 Å². The molecule has 112 valence electrons. The molecule has 0 unspecified atom stereocenters. The van der Waals surface area contributed by atoms with Crippen molar-refractivity contribution in [3.8, 4) is 0 Å². The third-order valence-electron chi connectivity index (χ3n) is 2.48. The Morgan fingerprint density at radius 1 is 1.30 bits per heavy atom. The first-order valence-corrected chi connectivity index (χ1v) is 6.81. The van der Waals surface area contributed by atoms with Gasteiger partial charge in [-0.25, -0.2) is 9.97 Å². The Labute approximate surface area is 121 Å². The molecule has 1 aromatic rings. The van der Waals surface area contributed by atoms with Crippen molar-refractivity contribution in [2.45, 2.75) is 32.7 Å². The van der Waals surface area contributed by atoms with Crippen molar-refractivity contribution in [1.82, 2.24) is 20.2 Å². The standard InChI is InChI=1S/C14H25N5O/c1-14(2,3)18-13(20)11-9-12(17-10-16-11)15-7-6-8-19(4)5/h9-10H,6-8H2,1-5H3,(H,18,20)(H,15,16,17).